The number of sulfone groups is 1. The number of carbonyl (C=O) groups excluding carboxylic acids is 5. The van der Waals surface area contributed by atoms with Crippen molar-refractivity contribution in [3.05, 3.63) is 12.2 Å². The minimum Gasteiger partial charge on any atom is -0.463 e. The van der Waals surface area contributed by atoms with E-state index in [9.17, 15) is 32.4 Å². The minimum absolute atomic E-state index is 0.241. The molecule has 0 aliphatic carbocycles. The van der Waals surface area contributed by atoms with E-state index in [0.29, 0.717) is 6.42 Å². The molecule has 2 aliphatic heterocycles. The summed E-state index contributed by atoms with van der Waals surface area (Å²) in [5.74, 6) is -5.05. The molecule has 250 valence electrons. The number of esters is 5. The van der Waals surface area contributed by atoms with Gasteiger partial charge in [0, 0.05) is 40.5 Å². The summed E-state index contributed by atoms with van der Waals surface area (Å²) < 4.78 is 72.2. The van der Waals surface area contributed by atoms with Crippen LogP contribution in [0.3, 0.4) is 0 Å². The zero-order valence-corrected chi connectivity index (χ0v) is 27.0. The van der Waals surface area contributed by atoms with Crippen LogP contribution in [0.5, 0.6) is 0 Å². The Balaban J connectivity index is 2.72. The third-order valence-corrected chi connectivity index (χ3v) is 8.73. The molecule has 0 aromatic heterocycles. The lowest BCUT2D eigenvalue weighted by molar-refractivity contribution is -0.332. The second kappa shape index (κ2) is 15.8. The van der Waals surface area contributed by atoms with E-state index in [0.717, 1.165) is 27.7 Å². The quantitative estimate of drug-likeness (QED) is 0.166. The fraction of sp³-hybridized carbons (Fsp3) is 0.750. The number of carbonyl (C=O) groups is 5. The van der Waals surface area contributed by atoms with Crippen LogP contribution in [0.4, 0.5) is 0 Å². The van der Waals surface area contributed by atoms with Crippen molar-refractivity contribution in [2.75, 3.05) is 12.4 Å². The Morgan fingerprint density at radius 3 is 1.66 bits per heavy atom. The van der Waals surface area contributed by atoms with E-state index in [1.807, 2.05) is 0 Å². The molecule has 0 saturated carbocycles. The Hall–Kier alpha value is -3.08. The van der Waals surface area contributed by atoms with Gasteiger partial charge in [-0.1, -0.05) is 26.0 Å². The molecule has 10 atom stereocenters. The highest BCUT2D eigenvalue weighted by Crippen LogP contribution is 2.37. The molecule has 10 unspecified atom stereocenters. The van der Waals surface area contributed by atoms with Gasteiger partial charge >= 0.3 is 29.8 Å². The van der Waals surface area contributed by atoms with Gasteiger partial charge in [-0.15, -0.1) is 0 Å². The van der Waals surface area contributed by atoms with Crippen molar-refractivity contribution < 1.29 is 70.3 Å². The van der Waals surface area contributed by atoms with Crippen molar-refractivity contribution >= 4 is 39.7 Å². The summed E-state index contributed by atoms with van der Waals surface area (Å²) >= 11 is 0. The van der Waals surface area contributed by atoms with Crippen molar-refractivity contribution in [3.63, 3.8) is 0 Å². The molecule has 2 saturated heterocycles. The van der Waals surface area contributed by atoms with Gasteiger partial charge in [-0.25, -0.2) is 8.42 Å². The summed E-state index contributed by atoms with van der Waals surface area (Å²) in [6, 6.07) is 0. The maximum Gasteiger partial charge on any atom is 0.303 e. The molecule has 0 radical (unpaired) electrons. The SMILES string of the molecule is C=C(C)CS(=O)(=O)C1OC(COC(C)=O)C(OC2OC(CC)C(C)C(OC(C)=O)C2OC(C)=O)C(OC(C)=O)C1OC(C)=O. The van der Waals surface area contributed by atoms with Crippen LogP contribution in [-0.2, 0) is 71.7 Å². The average molecular weight is 651 g/mol. The number of hydrogen-bond acceptors (Lipinski definition) is 15. The first-order valence-electron chi connectivity index (χ1n) is 14.0. The Labute approximate surface area is 256 Å². The van der Waals surface area contributed by atoms with Crippen molar-refractivity contribution in [2.24, 2.45) is 5.92 Å². The highest BCUT2D eigenvalue weighted by Gasteiger charge is 2.58. The molecule has 2 rings (SSSR count). The standard InChI is InChI=1S/C28H42O15S/c1-10-20-14(4)22(37-16(6)30)25(39-18(8)32)27(41-20)43-23-21(11-36-15(5)29)42-28(44(34,35)12-13(2)3)26(40-19(9)33)24(23)38-17(7)31/h14,20-28H,2,10-12H2,1,3-9H3. The molecule has 0 aromatic rings. The van der Waals surface area contributed by atoms with E-state index < -0.39 is 112 Å². The zero-order valence-electron chi connectivity index (χ0n) is 26.1. The van der Waals surface area contributed by atoms with Gasteiger partial charge in [-0.05, 0) is 13.3 Å². The lowest BCUT2D eigenvalue weighted by Gasteiger charge is -2.48. The highest BCUT2D eigenvalue weighted by atomic mass is 32.2. The van der Waals surface area contributed by atoms with E-state index in [1.54, 1.807) is 13.8 Å². The molecular formula is C28H42O15S. The predicted octanol–water partition coefficient (Wildman–Crippen LogP) is 1.15. The van der Waals surface area contributed by atoms with Gasteiger partial charge in [0.25, 0.3) is 0 Å². The molecule has 2 fully saturated rings. The minimum atomic E-state index is -4.29. The van der Waals surface area contributed by atoms with Crippen LogP contribution in [0.1, 0.15) is 61.8 Å². The third kappa shape index (κ3) is 9.97. The Bertz CT molecular complexity index is 1200. The molecule has 16 heteroatoms. The van der Waals surface area contributed by atoms with Crippen LogP contribution in [0.15, 0.2) is 12.2 Å². The van der Waals surface area contributed by atoms with Crippen molar-refractivity contribution in [3.8, 4) is 0 Å². The molecule has 0 N–H and O–H groups in total. The van der Waals surface area contributed by atoms with Gasteiger partial charge in [-0.2, -0.15) is 0 Å². The van der Waals surface area contributed by atoms with E-state index in [4.69, 9.17) is 37.9 Å². The van der Waals surface area contributed by atoms with E-state index in [-0.39, 0.29) is 5.57 Å². The lowest BCUT2D eigenvalue weighted by Crippen LogP contribution is -2.66. The summed E-state index contributed by atoms with van der Waals surface area (Å²) in [6.07, 6.45) is -10.5. The van der Waals surface area contributed by atoms with Crippen LogP contribution in [0.2, 0.25) is 0 Å². The first kappa shape index (κ1) is 37.1. The zero-order chi connectivity index (χ0) is 33.5. The average Bonchev–Trinajstić information content (AvgIpc) is 2.86. The second-order valence-electron chi connectivity index (χ2n) is 10.8. The first-order chi connectivity index (χ1) is 20.4. The monoisotopic (exact) mass is 650 g/mol. The molecule has 2 heterocycles. The largest absolute Gasteiger partial charge is 0.463 e. The summed E-state index contributed by atoms with van der Waals surface area (Å²) in [5.41, 5.74) is -1.66. The molecule has 0 amide bonds. The number of hydrogen-bond donors (Lipinski definition) is 0. The van der Waals surface area contributed by atoms with Crippen molar-refractivity contribution in [1.82, 2.24) is 0 Å². The second-order valence-corrected chi connectivity index (χ2v) is 12.9. The van der Waals surface area contributed by atoms with Crippen molar-refractivity contribution in [1.29, 1.82) is 0 Å². The number of rotatable bonds is 12. The van der Waals surface area contributed by atoms with Crippen LogP contribution in [-0.4, -0.2) is 105 Å². The lowest BCUT2D eigenvalue weighted by atomic mass is 9.88. The van der Waals surface area contributed by atoms with Crippen LogP contribution in [0.25, 0.3) is 0 Å². The summed E-state index contributed by atoms with van der Waals surface area (Å²) in [6.45, 7) is 13.5. The molecule has 44 heavy (non-hydrogen) atoms. The Morgan fingerprint density at radius 2 is 1.18 bits per heavy atom. The molecule has 0 aromatic carbocycles. The molecule has 0 spiro atoms. The van der Waals surface area contributed by atoms with Gasteiger partial charge in [0.15, 0.2) is 39.9 Å². The first-order valence-corrected chi connectivity index (χ1v) is 15.7. The van der Waals surface area contributed by atoms with Crippen LogP contribution < -0.4 is 0 Å². The fourth-order valence-corrected chi connectivity index (χ4v) is 6.97. The van der Waals surface area contributed by atoms with E-state index in [1.165, 1.54) is 13.8 Å². The van der Waals surface area contributed by atoms with E-state index >= 15 is 0 Å². The van der Waals surface area contributed by atoms with Gasteiger partial charge in [-0.3, -0.25) is 24.0 Å². The third-order valence-electron chi connectivity index (χ3n) is 6.75. The van der Waals surface area contributed by atoms with Gasteiger partial charge in [0.1, 0.15) is 24.9 Å². The van der Waals surface area contributed by atoms with Gasteiger partial charge in [0.05, 0.1) is 11.9 Å². The van der Waals surface area contributed by atoms with Gasteiger partial charge < -0.3 is 37.9 Å². The maximum absolute atomic E-state index is 13.4. The Kier molecular flexibility index (Phi) is 13.3. The Morgan fingerprint density at radius 1 is 0.682 bits per heavy atom. The summed E-state index contributed by atoms with van der Waals surface area (Å²) in [4.78, 5) is 60.5. The molecule has 2 aliphatic rings. The molecular weight excluding hydrogens is 608 g/mol. The fourth-order valence-electron chi connectivity index (χ4n) is 5.19. The van der Waals surface area contributed by atoms with Crippen LogP contribution in [0, 0.1) is 5.92 Å². The van der Waals surface area contributed by atoms with E-state index in [2.05, 4.69) is 6.58 Å². The topological polar surface area (TPSA) is 193 Å². The number of ether oxygens (including phenoxy) is 8. The predicted molar refractivity (Wildman–Crippen MR) is 149 cm³/mol. The summed E-state index contributed by atoms with van der Waals surface area (Å²) in [7, 11) is -4.29. The van der Waals surface area contributed by atoms with Gasteiger partial charge in [0.2, 0.25) is 0 Å². The highest BCUT2D eigenvalue weighted by molar-refractivity contribution is 7.92. The molecule has 15 nitrogen and oxygen atoms in total. The van der Waals surface area contributed by atoms with Crippen LogP contribution >= 0.6 is 0 Å². The summed E-state index contributed by atoms with van der Waals surface area (Å²) in [5, 5.41) is 0. The maximum atomic E-state index is 13.4. The molecule has 0 bridgehead atoms. The smallest absolute Gasteiger partial charge is 0.303 e. The van der Waals surface area contributed by atoms with Crippen molar-refractivity contribution in [2.45, 2.75) is 116 Å². The normalized spacial score (nSPS) is 32.1.